The van der Waals surface area contributed by atoms with Gasteiger partial charge in [-0.3, -0.25) is 0 Å². The molecule has 2 heterocycles. The van der Waals surface area contributed by atoms with E-state index in [1.54, 1.807) is 11.3 Å². The third kappa shape index (κ3) is 1.46. The first-order valence-electron chi connectivity index (χ1n) is 4.01. The lowest BCUT2D eigenvalue weighted by molar-refractivity contribution is 0.619. The summed E-state index contributed by atoms with van der Waals surface area (Å²) in [6.45, 7) is 1.91. The average Bonchev–Trinajstić information content (AvgIpc) is 2.56. The number of hydrogen-bond acceptors (Lipinski definition) is 4. The highest BCUT2D eigenvalue weighted by Gasteiger charge is 2.11. The molecule has 5 heteroatoms. The van der Waals surface area contributed by atoms with E-state index >= 15 is 0 Å². The predicted octanol–water partition coefficient (Wildman–Crippen LogP) is 2.23. The molecule has 0 unspecified atom stereocenters. The minimum absolute atomic E-state index is 0.0898. The lowest BCUT2D eigenvalue weighted by atomic mass is 10.2. The van der Waals surface area contributed by atoms with Gasteiger partial charge in [-0.2, -0.15) is 0 Å². The third-order valence-corrected chi connectivity index (χ3v) is 2.72. The van der Waals surface area contributed by atoms with Crippen LogP contribution >= 0.6 is 11.3 Å². The number of hydrogen-bond donors (Lipinski definition) is 1. The first kappa shape index (κ1) is 9.08. The van der Waals surface area contributed by atoms with E-state index in [2.05, 4.69) is 9.97 Å². The van der Waals surface area contributed by atoms with Gasteiger partial charge in [0.2, 0.25) is 5.95 Å². The summed E-state index contributed by atoms with van der Waals surface area (Å²) in [4.78, 5) is 8.46. The maximum absolute atomic E-state index is 13.3. The number of aromatic nitrogens is 2. The zero-order chi connectivity index (χ0) is 10.1. The van der Waals surface area contributed by atoms with Gasteiger partial charge in [0.1, 0.15) is 5.69 Å². The van der Waals surface area contributed by atoms with Crippen LogP contribution in [0.15, 0.2) is 17.6 Å². The molecule has 0 atom stereocenters. The van der Waals surface area contributed by atoms with Crippen LogP contribution in [0.2, 0.25) is 0 Å². The molecule has 0 bridgehead atoms. The second-order valence-corrected chi connectivity index (χ2v) is 3.94. The highest BCUT2D eigenvalue weighted by molar-refractivity contribution is 7.10. The van der Waals surface area contributed by atoms with Gasteiger partial charge in [0.15, 0.2) is 5.82 Å². The summed E-state index contributed by atoms with van der Waals surface area (Å²) in [6.07, 6.45) is 1.09. The van der Waals surface area contributed by atoms with Crippen LogP contribution in [0.25, 0.3) is 11.3 Å². The van der Waals surface area contributed by atoms with E-state index in [4.69, 9.17) is 5.73 Å². The number of halogens is 1. The van der Waals surface area contributed by atoms with E-state index in [0.29, 0.717) is 0 Å². The molecule has 2 N–H and O–H groups in total. The van der Waals surface area contributed by atoms with Gasteiger partial charge in [0.05, 0.1) is 6.20 Å². The molecule has 0 spiro atoms. The van der Waals surface area contributed by atoms with Gasteiger partial charge in [0, 0.05) is 10.4 Å². The molecular weight excluding hydrogens is 201 g/mol. The SMILES string of the molecule is Cc1sccc1-c1nc(N)ncc1F. The Bertz CT molecular complexity index is 467. The Hall–Kier alpha value is -1.49. The zero-order valence-corrected chi connectivity index (χ0v) is 8.31. The minimum Gasteiger partial charge on any atom is -0.368 e. The van der Waals surface area contributed by atoms with Crippen LogP contribution in [-0.2, 0) is 0 Å². The molecule has 2 rings (SSSR count). The van der Waals surface area contributed by atoms with Crippen LogP contribution in [0.3, 0.4) is 0 Å². The third-order valence-electron chi connectivity index (χ3n) is 1.88. The molecule has 0 saturated carbocycles. The molecule has 0 radical (unpaired) electrons. The number of anilines is 1. The largest absolute Gasteiger partial charge is 0.368 e. The summed E-state index contributed by atoms with van der Waals surface area (Å²) in [7, 11) is 0. The first-order valence-corrected chi connectivity index (χ1v) is 4.89. The van der Waals surface area contributed by atoms with E-state index in [1.807, 2.05) is 18.4 Å². The fourth-order valence-corrected chi connectivity index (χ4v) is 1.90. The molecule has 2 aromatic heterocycles. The van der Waals surface area contributed by atoms with Crippen molar-refractivity contribution in [3.8, 4) is 11.3 Å². The first-order chi connectivity index (χ1) is 6.68. The van der Waals surface area contributed by atoms with Gasteiger partial charge >= 0.3 is 0 Å². The van der Waals surface area contributed by atoms with E-state index in [0.717, 1.165) is 16.6 Å². The minimum atomic E-state index is -0.444. The van der Waals surface area contributed by atoms with Gasteiger partial charge in [-0.05, 0) is 18.4 Å². The standard InChI is InChI=1S/C9H8FN3S/c1-5-6(2-3-14-5)8-7(10)4-12-9(11)13-8/h2-4H,1H3,(H2,11,12,13). The zero-order valence-electron chi connectivity index (χ0n) is 7.49. The summed E-state index contributed by atoms with van der Waals surface area (Å²) in [5, 5.41) is 1.89. The Labute approximate surface area is 84.4 Å². The van der Waals surface area contributed by atoms with Crippen molar-refractivity contribution in [2.45, 2.75) is 6.92 Å². The second kappa shape index (κ2) is 3.34. The van der Waals surface area contributed by atoms with E-state index in [9.17, 15) is 4.39 Å². The summed E-state index contributed by atoms with van der Waals surface area (Å²) in [6, 6.07) is 1.82. The van der Waals surface area contributed by atoms with Crippen molar-refractivity contribution < 1.29 is 4.39 Å². The van der Waals surface area contributed by atoms with Crippen molar-refractivity contribution in [1.82, 2.24) is 9.97 Å². The summed E-state index contributed by atoms with van der Waals surface area (Å²) < 4.78 is 13.3. The topological polar surface area (TPSA) is 51.8 Å². The van der Waals surface area contributed by atoms with Crippen LogP contribution in [0.4, 0.5) is 10.3 Å². The van der Waals surface area contributed by atoms with Crippen LogP contribution in [0, 0.1) is 12.7 Å². The Balaban J connectivity index is 2.62. The normalized spacial score (nSPS) is 10.4. The number of aryl methyl sites for hydroxylation is 1. The molecule has 0 amide bonds. The number of nitrogens with two attached hydrogens (primary N) is 1. The molecule has 14 heavy (non-hydrogen) atoms. The van der Waals surface area contributed by atoms with Crippen molar-refractivity contribution >= 4 is 17.3 Å². The molecule has 72 valence electrons. The summed E-state index contributed by atoms with van der Waals surface area (Å²) in [5.74, 6) is -0.354. The predicted molar refractivity (Wildman–Crippen MR) is 54.5 cm³/mol. The molecule has 0 aliphatic carbocycles. The van der Waals surface area contributed by atoms with E-state index in [-0.39, 0.29) is 11.6 Å². The molecule has 0 aromatic carbocycles. The average molecular weight is 209 g/mol. The molecule has 0 saturated heterocycles. The maximum atomic E-state index is 13.3. The Morgan fingerprint density at radius 1 is 1.50 bits per heavy atom. The number of rotatable bonds is 1. The van der Waals surface area contributed by atoms with Gasteiger partial charge < -0.3 is 5.73 Å². The maximum Gasteiger partial charge on any atom is 0.220 e. The van der Waals surface area contributed by atoms with E-state index < -0.39 is 5.82 Å². The smallest absolute Gasteiger partial charge is 0.220 e. The van der Waals surface area contributed by atoms with E-state index in [1.165, 1.54) is 0 Å². The van der Waals surface area contributed by atoms with Gasteiger partial charge in [0.25, 0.3) is 0 Å². The fraction of sp³-hybridized carbons (Fsp3) is 0.111. The molecule has 0 aliphatic heterocycles. The van der Waals surface area contributed by atoms with Crippen molar-refractivity contribution in [1.29, 1.82) is 0 Å². The lowest BCUT2D eigenvalue weighted by Gasteiger charge is -2.01. The molecule has 3 nitrogen and oxygen atoms in total. The Morgan fingerprint density at radius 2 is 2.29 bits per heavy atom. The van der Waals surface area contributed by atoms with Gasteiger partial charge in [-0.1, -0.05) is 0 Å². The fourth-order valence-electron chi connectivity index (χ4n) is 1.20. The second-order valence-electron chi connectivity index (χ2n) is 2.82. The monoisotopic (exact) mass is 209 g/mol. The van der Waals surface area contributed by atoms with Crippen molar-refractivity contribution in [3.63, 3.8) is 0 Å². The van der Waals surface area contributed by atoms with Gasteiger partial charge in [-0.25, -0.2) is 14.4 Å². The summed E-state index contributed by atoms with van der Waals surface area (Å²) >= 11 is 1.55. The van der Waals surface area contributed by atoms with Crippen molar-refractivity contribution in [2.75, 3.05) is 5.73 Å². The molecule has 0 aliphatic rings. The van der Waals surface area contributed by atoms with Crippen LogP contribution in [0.1, 0.15) is 4.88 Å². The number of thiophene rings is 1. The van der Waals surface area contributed by atoms with Crippen LogP contribution in [0.5, 0.6) is 0 Å². The lowest BCUT2D eigenvalue weighted by Crippen LogP contribution is -1.98. The molecule has 2 aromatic rings. The molecule has 0 fully saturated rings. The van der Waals surface area contributed by atoms with Crippen molar-refractivity contribution in [3.05, 3.63) is 28.3 Å². The number of nitrogens with zero attached hydrogens (tertiary/aromatic N) is 2. The van der Waals surface area contributed by atoms with Crippen molar-refractivity contribution in [2.24, 2.45) is 0 Å². The van der Waals surface area contributed by atoms with Crippen LogP contribution < -0.4 is 5.73 Å². The van der Waals surface area contributed by atoms with Crippen LogP contribution in [-0.4, -0.2) is 9.97 Å². The number of nitrogen functional groups attached to an aromatic ring is 1. The van der Waals surface area contributed by atoms with Gasteiger partial charge in [-0.15, -0.1) is 11.3 Å². The summed E-state index contributed by atoms with van der Waals surface area (Å²) in [5.41, 5.74) is 6.45. The highest BCUT2D eigenvalue weighted by Crippen LogP contribution is 2.27. The Morgan fingerprint density at radius 3 is 2.93 bits per heavy atom. The molecular formula is C9H8FN3S. The Kier molecular flexibility index (Phi) is 2.17. The quantitative estimate of drug-likeness (QED) is 0.783. The highest BCUT2D eigenvalue weighted by atomic mass is 32.1.